The maximum atomic E-state index is 13.1. The molecule has 0 spiro atoms. The Balaban J connectivity index is 1.51. The Hall–Kier alpha value is -3.64. The zero-order chi connectivity index (χ0) is 28.0. The molecule has 0 aromatic heterocycles. The number of hydrogen-bond donors (Lipinski definition) is 0. The Morgan fingerprint density at radius 2 is 1.74 bits per heavy atom. The highest BCUT2D eigenvalue weighted by molar-refractivity contribution is 6.74. The SMILES string of the molecule is CC(C)(C)[Si](C)(C)O/C=C\[C@H](C/C=C/C(=O)N1C(=O)OC[C@@H]1Cc1ccccc1)c1ccc2ccccc2c1. The van der Waals surface area contributed by atoms with Crippen LogP contribution in [0.2, 0.25) is 18.1 Å². The van der Waals surface area contributed by atoms with E-state index in [1.807, 2.05) is 54.8 Å². The minimum Gasteiger partial charge on any atom is -0.549 e. The maximum Gasteiger partial charge on any atom is 0.417 e. The highest BCUT2D eigenvalue weighted by Gasteiger charge is 2.38. The van der Waals surface area contributed by atoms with Crippen molar-refractivity contribution >= 4 is 31.1 Å². The first-order valence-electron chi connectivity index (χ1n) is 13.6. The number of benzene rings is 3. The molecule has 1 saturated heterocycles. The largest absolute Gasteiger partial charge is 0.549 e. The van der Waals surface area contributed by atoms with Crippen molar-refractivity contribution in [1.82, 2.24) is 4.90 Å². The van der Waals surface area contributed by atoms with E-state index in [-0.39, 0.29) is 29.5 Å². The van der Waals surface area contributed by atoms with Gasteiger partial charge in [0.2, 0.25) is 8.32 Å². The molecule has 3 aromatic carbocycles. The third kappa shape index (κ3) is 7.06. The molecule has 204 valence electrons. The van der Waals surface area contributed by atoms with Gasteiger partial charge >= 0.3 is 6.09 Å². The van der Waals surface area contributed by atoms with Gasteiger partial charge in [-0.3, -0.25) is 4.79 Å². The fourth-order valence-electron chi connectivity index (χ4n) is 4.41. The van der Waals surface area contributed by atoms with Crippen LogP contribution >= 0.6 is 0 Å². The molecule has 0 N–H and O–H groups in total. The molecule has 0 radical (unpaired) electrons. The van der Waals surface area contributed by atoms with Crippen LogP contribution in [0.3, 0.4) is 0 Å². The maximum absolute atomic E-state index is 13.1. The summed E-state index contributed by atoms with van der Waals surface area (Å²) in [5.41, 5.74) is 2.20. The van der Waals surface area contributed by atoms with Crippen molar-refractivity contribution in [1.29, 1.82) is 0 Å². The van der Waals surface area contributed by atoms with Crippen LogP contribution in [0.25, 0.3) is 10.8 Å². The number of nitrogens with zero attached hydrogens (tertiary/aromatic N) is 1. The minimum atomic E-state index is -1.95. The molecule has 2 amide bonds. The van der Waals surface area contributed by atoms with Gasteiger partial charge in [-0.1, -0.05) is 99.6 Å². The quantitative estimate of drug-likeness (QED) is 0.156. The summed E-state index contributed by atoms with van der Waals surface area (Å²) in [6, 6.07) is 24.3. The van der Waals surface area contributed by atoms with Crippen LogP contribution in [0.1, 0.15) is 44.2 Å². The normalized spacial score (nSPS) is 17.2. The van der Waals surface area contributed by atoms with Gasteiger partial charge in [0.15, 0.2) is 0 Å². The van der Waals surface area contributed by atoms with Crippen LogP contribution in [0.15, 0.2) is 97.3 Å². The second-order valence-corrected chi connectivity index (χ2v) is 16.4. The minimum absolute atomic E-state index is 0.00840. The van der Waals surface area contributed by atoms with Gasteiger partial charge in [-0.15, -0.1) is 0 Å². The van der Waals surface area contributed by atoms with Gasteiger partial charge in [-0.25, -0.2) is 9.69 Å². The van der Waals surface area contributed by atoms with Crippen molar-refractivity contribution in [2.75, 3.05) is 6.61 Å². The number of cyclic esters (lactones) is 1. The number of imide groups is 1. The number of rotatable bonds is 9. The second-order valence-electron chi connectivity index (χ2n) is 11.7. The molecule has 0 saturated carbocycles. The molecular weight excluding hydrogens is 502 g/mol. The summed E-state index contributed by atoms with van der Waals surface area (Å²) in [6.45, 7) is 11.3. The first kappa shape index (κ1) is 28.4. The molecule has 0 aliphatic carbocycles. The van der Waals surface area contributed by atoms with Crippen molar-refractivity contribution in [3.05, 3.63) is 108 Å². The van der Waals surface area contributed by atoms with Gasteiger partial charge in [0.05, 0.1) is 12.3 Å². The molecule has 2 atom stereocenters. The van der Waals surface area contributed by atoms with Gasteiger partial charge < -0.3 is 9.16 Å². The topological polar surface area (TPSA) is 55.8 Å². The molecule has 4 rings (SSSR count). The van der Waals surface area contributed by atoms with E-state index in [0.717, 1.165) is 11.1 Å². The van der Waals surface area contributed by atoms with E-state index in [1.54, 1.807) is 0 Å². The van der Waals surface area contributed by atoms with Crippen LogP contribution in [0, 0.1) is 0 Å². The summed E-state index contributed by atoms with van der Waals surface area (Å²) in [5, 5.41) is 2.45. The lowest BCUT2D eigenvalue weighted by molar-refractivity contribution is -0.124. The monoisotopic (exact) mass is 541 g/mol. The number of allylic oxidation sites excluding steroid dienone is 2. The molecular formula is C33H39NO4Si. The highest BCUT2D eigenvalue weighted by Crippen LogP contribution is 2.37. The summed E-state index contributed by atoms with van der Waals surface area (Å²) < 4.78 is 11.6. The number of carbonyl (C=O) groups is 2. The lowest BCUT2D eigenvalue weighted by Crippen LogP contribution is -2.39. The van der Waals surface area contributed by atoms with E-state index in [1.165, 1.54) is 21.7 Å². The summed E-state index contributed by atoms with van der Waals surface area (Å²) >= 11 is 0. The molecule has 5 nitrogen and oxygen atoms in total. The van der Waals surface area contributed by atoms with Crippen LogP contribution in [0.5, 0.6) is 0 Å². The Kier molecular flexibility index (Phi) is 8.75. The fourth-order valence-corrected chi connectivity index (χ4v) is 5.18. The standard InChI is InChI=1S/C33H39NO4Si/c1-33(2,3)39(4,5)38-21-20-27(29-19-18-26-14-9-10-15-28(26)23-29)16-11-17-31(35)34-30(24-37-32(34)36)22-25-12-7-6-8-13-25/h6-15,17-21,23,27,30H,16,22,24H2,1-5H3/b17-11+,21-20-/t27-,30-/m0/s1. The Morgan fingerprint density at radius 1 is 1.05 bits per heavy atom. The van der Waals surface area contributed by atoms with Crippen molar-refractivity contribution in [2.45, 2.75) is 63.7 Å². The molecule has 1 aliphatic heterocycles. The van der Waals surface area contributed by atoms with E-state index >= 15 is 0 Å². The van der Waals surface area contributed by atoms with Crippen molar-refractivity contribution < 1.29 is 18.8 Å². The van der Waals surface area contributed by atoms with Gasteiger partial charge in [0, 0.05) is 5.92 Å². The number of ether oxygens (including phenoxy) is 1. The van der Waals surface area contributed by atoms with Gasteiger partial charge in [0.1, 0.15) is 6.61 Å². The van der Waals surface area contributed by atoms with Crippen LogP contribution < -0.4 is 0 Å². The molecule has 1 aliphatic rings. The average Bonchev–Trinajstić information content (AvgIpc) is 3.27. The lowest BCUT2D eigenvalue weighted by Gasteiger charge is -2.35. The van der Waals surface area contributed by atoms with E-state index in [0.29, 0.717) is 12.8 Å². The Morgan fingerprint density at radius 3 is 2.46 bits per heavy atom. The van der Waals surface area contributed by atoms with E-state index in [9.17, 15) is 9.59 Å². The number of carbonyl (C=O) groups excluding carboxylic acids is 2. The first-order chi connectivity index (χ1) is 18.5. The molecule has 3 aromatic rings. The second kappa shape index (κ2) is 12.0. The summed E-state index contributed by atoms with van der Waals surface area (Å²) in [7, 11) is -1.95. The zero-order valence-corrected chi connectivity index (χ0v) is 24.6. The number of hydrogen-bond acceptors (Lipinski definition) is 4. The molecule has 39 heavy (non-hydrogen) atoms. The summed E-state index contributed by atoms with van der Waals surface area (Å²) in [6.07, 6.45) is 7.86. The van der Waals surface area contributed by atoms with Crippen molar-refractivity contribution in [2.24, 2.45) is 0 Å². The van der Waals surface area contributed by atoms with Crippen LogP contribution in [-0.2, 0) is 20.4 Å². The molecule has 0 bridgehead atoms. The van der Waals surface area contributed by atoms with Gasteiger partial charge in [-0.2, -0.15) is 0 Å². The number of fused-ring (bicyclic) bond motifs is 1. The van der Waals surface area contributed by atoms with E-state index in [2.05, 4.69) is 70.3 Å². The number of amides is 2. The van der Waals surface area contributed by atoms with Gasteiger partial charge in [-0.05, 0) is 65.0 Å². The van der Waals surface area contributed by atoms with Gasteiger partial charge in [0.25, 0.3) is 5.91 Å². The summed E-state index contributed by atoms with van der Waals surface area (Å²) in [5.74, 6) is -0.341. The molecule has 1 fully saturated rings. The fraction of sp³-hybridized carbons (Fsp3) is 0.333. The first-order valence-corrected chi connectivity index (χ1v) is 16.5. The highest BCUT2D eigenvalue weighted by atomic mass is 28.4. The van der Waals surface area contributed by atoms with Crippen molar-refractivity contribution in [3.63, 3.8) is 0 Å². The van der Waals surface area contributed by atoms with Crippen molar-refractivity contribution in [3.8, 4) is 0 Å². The lowest BCUT2D eigenvalue weighted by atomic mass is 9.93. The third-order valence-electron chi connectivity index (χ3n) is 7.84. The Labute approximate surface area is 233 Å². The predicted octanol–water partition coefficient (Wildman–Crippen LogP) is 8.00. The molecule has 1 heterocycles. The zero-order valence-electron chi connectivity index (χ0n) is 23.6. The predicted molar refractivity (Wildman–Crippen MR) is 160 cm³/mol. The van der Waals surface area contributed by atoms with E-state index in [4.69, 9.17) is 9.16 Å². The smallest absolute Gasteiger partial charge is 0.417 e. The van der Waals surface area contributed by atoms with E-state index < -0.39 is 14.4 Å². The van der Waals surface area contributed by atoms with Crippen LogP contribution in [-0.4, -0.2) is 37.9 Å². The average molecular weight is 542 g/mol. The Bertz CT molecular complexity index is 1360. The summed E-state index contributed by atoms with van der Waals surface area (Å²) in [4.78, 5) is 26.7. The molecule has 6 heteroatoms. The molecule has 0 unspecified atom stereocenters. The van der Waals surface area contributed by atoms with Crippen LogP contribution in [0.4, 0.5) is 4.79 Å². The third-order valence-corrected chi connectivity index (χ3v) is 12.2.